The zero-order chi connectivity index (χ0) is 28.3. The van der Waals surface area contributed by atoms with E-state index in [-0.39, 0.29) is 28.3 Å². The number of likely N-dealkylation sites (N-methyl/N-ethyl adjacent to an activating group) is 1. The first-order valence-electron chi connectivity index (χ1n) is 12.4. The van der Waals surface area contributed by atoms with Crippen molar-refractivity contribution in [2.45, 2.75) is 27.7 Å². The third-order valence-electron chi connectivity index (χ3n) is 6.55. The summed E-state index contributed by atoms with van der Waals surface area (Å²) in [5.74, 6) is -0.972. The predicted molar refractivity (Wildman–Crippen MR) is 150 cm³/mol. The van der Waals surface area contributed by atoms with Crippen molar-refractivity contribution in [3.05, 3.63) is 67.3 Å². The van der Waals surface area contributed by atoms with Crippen LogP contribution in [-0.2, 0) is 4.79 Å². The second kappa shape index (κ2) is 11.6. The van der Waals surface area contributed by atoms with E-state index in [1.165, 1.54) is 5.38 Å². The molecule has 4 rings (SSSR count). The highest BCUT2D eigenvalue weighted by Gasteiger charge is 2.27. The van der Waals surface area contributed by atoms with Crippen LogP contribution in [0, 0.1) is 24.0 Å². The van der Waals surface area contributed by atoms with Crippen LogP contribution in [0.25, 0.3) is 11.6 Å². The van der Waals surface area contributed by atoms with Gasteiger partial charge in [-0.25, -0.2) is 0 Å². The number of hydrogen-bond acceptors (Lipinski definition) is 8. The Bertz CT molecular complexity index is 1490. The number of nitro groups is 1. The molecule has 0 atom stereocenters. The Morgan fingerprint density at radius 1 is 1.21 bits per heavy atom. The van der Waals surface area contributed by atoms with Gasteiger partial charge >= 0.3 is 5.13 Å². The summed E-state index contributed by atoms with van der Waals surface area (Å²) in [4.78, 5) is 58.0. The number of nitrogens with zero attached hydrogens (tertiary/aromatic N) is 3. The van der Waals surface area contributed by atoms with Crippen LogP contribution >= 0.6 is 11.3 Å². The van der Waals surface area contributed by atoms with E-state index in [1.807, 2.05) is 13.8 Å². The van der Waals surface area contributed by atoms with Gasteiger partial charge in [0.25, 0.3) is 23.5 Å². The number of fused-ring (bicyclic) bond motifs is 1. The van der Waals surface area contributed by atoms with Gasteiger partial charge in [-0.2, -0.15) is 0 Å². The summed E-state index contributed by atoms with van der Waals surface area (Å²) in [5, 5.41) is 20.2. The van der Waals surface area contributed by atoms with Crippen LogP contribution in [-0.4, -0.2) is 63.7 Å². The lowest BCUT2D eigenvalue weighted by atomic mass is 10.0. The zero-order valence-electron chi connectivity index (χ0n) is 22.0. The lowest BCUT2D eigenvalue weighted by molar-refractivity contribution is -0.384. The summed E-state index contributed by atoms with van der Waals surface area (Å²) < 4.78 is 0. The van der Waals surface area contributed by atoms with Crippen molar-refractivity contribution in [2.24, 2.45) is 0 Å². The Morgan fingerprint density at radius 3 is 2.62 bits per heavy atom. The van der Waals surface area contributed by atoms with Crippen LogP contribution < -0.4 is 16.0 Å². The number of amides is 3. The molecule has 3 aromatic rings. The minimum Gasteiger partial charge on any atom is -0.358 e. The lowest BCUT2D eigenvalue weighted by Crippen LogP contribution is -2.35. The smallest absolute Gasteiger partial charge is 0.358 e. The van der Waals surface area contributed by atoms with Gasteiger partial charge in [0.2, 0.25) is 0 Å². The standard InChI is InChI=1S/C26H29N7O5S/c1-5-32(6-2)10-9-27-25(36)22-14(3)20(28-15(22)4)12-18-17-11-16(7-8-19(17)29-24(18)35)23(34)30-21-13-39-26(31-21)33(37)38/h7-8,11-13,28H,5-6,9-10H2,1-4H3,(H,27,36)(H,29,35)(H,30,34)/b18-12-. The first-order chi connectivity index (χ1) is 18.6. The van der Waals surface area contributed by atoms with E-state index >= 15 is 0 Å². The number of aromatic amines is 1. The lowest BCUT2D eigenvalue weighted by Gasteiger charge is -2.18. The van der Waals surface area contributed by atoms with Crippen LogP contribution in [0.4, 0.5) is 16.6 Å². The first-order valence-corrected chi connectivity index (χ1v) is 13.3. The summed E-state index contributed by atoms with van der Waals surface area (Å²) in [6.07, 6.45) is 1.67. The molecule has 0 aliphatic carbocycles. The summed E-state index contributed by atoms with van der Waals surface area (Å²) in [6, 6.07) is 4.73. The number of aryl methyl sites for hydroxylation is 1. The Kier molecular flexibility index (Phi) is 8.21. The predicted octanol–water partition coefficient (Wildman–Crippen LogP) is 3.81. The number of hydrogen-bond donors (Lipinski definition) is 4. The molecule has 1 aliphatic rings. The van der Waals surface area contributed by atoms with Crippen LogP contribution in [0.15, 0.2) is 23.6 Å². The van der Waals surface area contributed by atoms with Crippen LogP contribution in [0.5, 0.6) is 0 Å². The van der Waals surface area contributed by atoms with Gasteiger partial charge in [0.05, 0.1) is 16.5 Å². The first kappa shape index (κ1) is 27.7. The Morgan fingerprint density at radius 2 is 1.95 bits per heavy atom. The maximum Gasteiger partial charge on any atom is 0.425 e. The molecule has 0 spiro atoms. The molecule has 0 radical (unpaired) electrons. The SMILES string of the molecule is CCN(CC)CCNC(=O)c1c(C)[nH]c(/C=C2\C(=O)Nc3ccc(C(=O)Nc4csc([N+](=O)[O-])n4)cc32)c1C. The molecular formula is C26H29N7O5S. The molecule has 3 amide bonds. The van der Waals surface area contributed by atoms with Gasteiger partial charge in [-0.3, -0.25) is 19.7 Å². The summed E-state index contributed by atoms with van der Waals surface area (Å²) in [5.41, 5.74) is 4.19. The van der Waals surface area contributed by atoms with E-state index in [1.54, 1.807) is 24.3 Å². The number of rotatable bonds is 10. The van der Waals surface area contributed by atoms with Crippen molar-refractivity contribution in [3.63, 3.8) is 0 Å². The molecule has 39 heavy (non-hydrogen) atoms. The molecule has 1 aliphatic heterocycles. The van der Waals surface area contributed by atoms with E-state index in [9.17, 15) is 24.5 Å². The fourth-order valence-corrected chi connectivity index (χ4v) is 4.99. The summed E-state index contributed by atoms with van der Waals surface area (Å²) >= 11 is 0.808. The number of thiazole rings is 1. The van der Waals surface area contributed by atoms with E-state index in [0.717, 1.165) is 31.0 Å². The summed E-state index contributed by atoms with van der Waals surface area (Å²) in [6.45, 7) is 10.9. The molecule has 0 unspecified atom stereocenters. The molecule has 3 heterocycles. The Labute approximate surface area is 228 Å². The Hall–Kier alpha value is -4.36. The zero-order valence-corrected chi connectivity index (χ0v) is 22.8. The molecule has 204 valence electrons. The van der Waals surface area contributed by atoms with Crippen molar-refractivity contribution < 1.29 is 19.3 Å². The highest BCUT2D eigenvalue weighted by molar-refractivity contribution is 7.13. The number of nitrogens with one attached hydrogen (secondary N) is 4. The topological polar surface area (TPSA) is 162 Å². The number of H-pyrrole nitrogens is 1. The third-order valence-corrected chi connectivity index (χ3v) is 7.35. The number of carbonyl (C=O) groups is 3. The normalized spacial score (nSPS) is 13.5. The largest absolute Gasteiger partial charge is 0.425 e. The van der Waals surface area contributed by atoms with Crippen molar-refractivity contribution >= 4 is 57.3 Å². The van der Waals surface area contributed by atoms with Crippen LogP contribution in [0.2, 0.25) is 0 Å². The second-order valence-corrected chi connectivity index (χ2v) is 9.78. The second-order valence-electron chi connectivity index (χ2n) is 8.95. The van der Waals surface area contributed by atoms with Crippen molar-refractivity contribution in [1.29, 1.82) is 0 Å². The number of benzene rings is 1. The molecule has 13 heteroatoms. The van der Waals surface area contributed by atoms with E-state index in [4.69, 9.17) is 0 Å². The molecular weight excluding hydrogens is 522 g/mol. The molecule has 0 saturated heterocycles. The average molecular weight is 552 g/mol. The van der Waals surface area contributed by atoms with Gasteiger partial charge in [-0.05, 0) is 78.0 Å². The number of carbonyl (C=O) groups excluding carboxylic acids is 3. The highest BCUT2D eigenvalue weighted by Crippen LogP contribution is 2.35. The monoisotopic (exact) mass is 551 g/mol. The van der Waals surface area contributed by atoms with Crippen LogP contribution in [0.1, 0.15) is 57.1 Å². The average Bonchev–Trinajstić information content (AvgIpc) is 3.57. The number of aromatic nitrogens is 2. The maximum atomic E-state index is 12.9. The molecule has 0 fully saturated rings. The molecule has 4 N–H and O–H groups in total. The molecule has 0 saturated carbocycles. The van der Waals surface area contributed by atoms with Gasteiger partial charge in [0.1, 0.15) is 0 Å². The van der Waals surface area contributed by atoms with Crippen molar-refractivity contribution in [1.82, 2.24) is 20.2 Å². The van der Waals surface area contributed by atoms with Gasteiger partial charge in [0.15, 0.2) is 0 Å². The van der Waals surface area contributed by atoms with Gasteiger partial charge in [-0.15, -0.1) is 0 Å². The number of anilines is 2. The van der Waals surface area contributed by atoms with Gasteiger partial charge in [-0.1, -0.05) is 13.8 Å². The molecule has 0 bridgehead atoms. The third kappa shape index (κ3) is 5.89. The van der Waals surface area contributed by atoms with Gasteiger partial charge in [0, 0.05) is 41.3 Å². The van der Waals surface area contributed by atoms with Crippen molar-refractivity contribution in [2.75, 3.05) is 36.8 Å². The summed E-state index contributed by atoms with van der Waals surface area (Å²) in [7, 11) is 0. The minimum atomic E-state index is -0.629. The minimum absolute atomic E-state index is 0.0718. The molecule has 2 aromatic heterocycles. The van der Waals surface area contributed by atoms with Crippen molar-refractivity contribution in [3.8, 4) is 0 Å². The van der Waals surface area contributed by atoms with E-state index in [2.05, 4.69) is 44.7 Å². The molecule has 1 aromatic carbocycles. The fourth-order valence-electron chi connectivity index (χ4n) is 4.43. The highest BCUT2D eigenvalue weighted by atomic mass is 32.1. The van der Waals surface area contributed by atoms with Gasteiger partial charge < -0.3 is 30.6 Å². The maximum absolute atomic E-state index is 12.9. The van der Waals surface area contributed by atoms with E-state index < -0.39 is 10.8 Å². The van der Waals surface area contributed by atoms with Crippen LogP contribution in [0.3, 0.4) is 0 Å². The quantitative estimate of drug-likeness (QED) is 0.169. The van der Waals surface area contributed by atoms with E-state index in [0.29, 0.717) is 45.9 Å². The molecule has 12 nitrogen and oxygen atoms in total. The Balaban J connectivity index is 1.56. The fraction of sp³-hybridized carbons (Fsp3) is 0.308.